The number of hydrogen-bond donors (Lipinski definition) is 3. The van der Waals surface area contributed by atoms with Crippen molar-refractivity contribution in [3.8, 4) is 0 Å². The molecular weight excluding hydrogens is 496 g/mol. The molecule has 0 aromatic heterocycles. The minimum atomic E-state index is -1.09. The summed E-state index contributed by atoms with van der Waals surface area (Å²) in [6, 6.07) is 3.64. The number of amides is 4. The lowest BCUT2D eigenvalue weighted by Gasteiger charge is -2.35. The van der Waals surface area contributed by atoms with Gasteiger partial charge in [0.25, 0.3) is 0 Å². The third-order valence-electron chi connectivity index (χ3n) is 6.16. The average molecular weight is 547 g/mol. The number of primary amides is 1. The third-order valence-corrected chi connectivity index (χ3v) is 6.16. The summed E-state index contributed by atoms with van der Waals surface area (Å²) in [6.07, 6.45) is 3.89. The summed E-state index contributed by atoms with van der Waals surface area (Å²) in [5, 5.41) is 5.61. The van der Waals surface area contributed by atoms with Gasteiger partial charge in [-0.1, -0.05) is 56.4 Å². The van der Waals surface area contributed by atoms with Gasteiger partial charge in [-0.2, -0.15) is 0 Å². The highest BCUT2D eigenvalue weighted by Gasteiger charge is 2.37. The number of carbonyl (C=O) groups excluding carboxylic acids is 4. The maximum atomic E-state index is 14.2. The summed E-state index contributed by atoms with van der Waals surface area (Å²) in [5.41, 5.74) is 7.26. The fourth-order valence-corrected chi connectivity index (χ4v) is 4.39. The van der Waals surface area contributed by atoms with Crippen molar-refractivity contribution in [3.05, 3.63) is 34.9 Å². The monoisotopic (exact) mass is 546 g/mol. The third kappa shape index (κ3) is 12.5. The van der Waals surface area contributed by atoms with E-state index in [2.05, 4.69) is 17.6 Å². The minimum absolute atomic E-state index is 0.00879. The SMILES string of the molecule is CCCCCCCN(C(=O)C(CCC(N)=O)NC(=O)OC(C)(C)C)C(C(=O)NC(C)C)c1ccc(C)cc1C. The zero-order chi connectivity index (χ0) is 29.8. The summed E-state index contributed by atoms with van der Waals surface area (Å²) in [4.78, 5) is 53.7. The average Bonchev–Trinajstić information content (AvgIpc) is 2.79. The van der Waals surface area contributed by atoms with E-state index in [1.54, 1.807) is 25.7 Å². The van der Waals surface area contributed by atoms with Gasteiger partial charge in [0.05, 0.1) is 0 Å². The molecule has 1 aromatic rings. The Morgan fingerprint density at radius 2 is 1.64 bits per heavy atom. The Balaban J connectivity index is 3.54. The molecule has 2 unspecified atom stereocenters. The molecule has 0 fully saturated rings. The van der Waals surface area contributed by atoms with Crippen LogP contribution < -0.4 is 16.4 Å². The number of nitrogens with one attached hydrogen (secondary N) is 2. The molecule has 0 saturated heterocycles. The maximum absolute atomic E-state index is 14.2. The minimum Gasteiger partial charge on any atom is -0.444 e. The lowest BCUT2D eigenvalue weighted by molar-refractivity contribution is -0.143. The number of aryl methyl sites for hydroxylation is 2. The van der Waals surface area contributed by atoms with E-state index in [0.717, 1.165) is 36.8 Å². The van der Waals surface area contributed by atoms with Crippen molar-refractivity contribution in [3.63, 3.8) is 0 Å². The summed E-state index contributed by atoms with van der Waals surface area (Å²) in [7, 11) is 0. The number of benzene rings is 1. The molecule has 4 amide bonds. The van der Waals surface area contributed by atoms with E-state index in [1.807, 2.05) is 45.9 Å². The number of rotatable bonds is 15. The molecule has 0 saturated carbocycles. The van der Waals surface area contributed by atoms with Gasteiger partial charge in [0.2, 0.25) is 17.7 Å². The van der Waals surface area contributed by atoms with Crippen molar-refractivity contribution in [1.82, 2.24) is 15.5 Å². The molecule has 2 atom stereocenters. The first-order chi connectivity index (χ1) is 18.2. The second kappa shape index (κ2) is 16.1. The summed E-state index contributed by atoms with van der Waals surface area (Å²) >= 11 is 0. The second-order valence-electron chi connectivity index (χ2n) is 11.6. The Kier molecular flexibility index (Phi) is 14.0. The van der Waals surface area contributed by atoms with Crippen molar-refractivity contribution >= 4 is 23.8 Å². The van der Waals surface area contributed by atoms with Crippen LogP contribution in [0.2, 0.25) is 0 Å². The molecule has 1 rings (SSSR count). The molecule has 9 heteroatoms. The fraction of sp³-hybridized carbons (Fsp3) is 0.667. The van der Waals surface area contributed by atoms with Gasteiger partial charge in [0.15, 0.2) is 0 Å². The number of unbranched alkanes of at least 4 members (excludes halogenated alkanes) is 4. The molecule has 0 aliphatic heterocycles. The zero-order valence-corrected chi connectivity index (χ0v) is 25.2. The standard InChI is InChI=1S/C30H50N4O5/c1-9-10-11-12-13-18-34(26(27(36)32-20(2)3)23-15-14-21(4)19-22(23)5)28(37)24(16-17-25(31)35)33-29(38)39-30(6,7)8/h14-15,19-20,24,26H,9-13,16-18H2,1-8H3,(H2,31,35)(H,32,36)(H,33,38). The first-order valence-corrected chi connectivity index (χ1v) is 14.1. The highest BCUT2D eigenvalue weighted by Crippen LogP contribution is 2.28. The Hall–Kier alpha value is -3.10. The molecule has 1 aromatic carbocycles. The normalized spacial score (nSPS) is 12.9. The van der Waals surface area contributed by atoms with Crippen LogP contribution in [-0.4, -0.2) is 52.9 Å². The molecule has 4 N–H and O–H groups in total. The Morgan fingerprint density at radius 1 is 1.00 bits per heavy atom. The highest BCUT2D eigenvalue weighted by atomic mass is 16.6. The summed E-state index contributed by atoms with van der Waals surface area (Å²) < 4.78 is 5.39. The van der Waals surface area contributed by atoms with E-state index in [0.29, 0.717) is 18.5 Å². The molecule has 0 heterocycles. The molecule has 0 bridgehead atoms. The number of alkyl carbamates (subject to hydrolysis) is 1. The van der Waals surface area contributed by atoms with Crippen LogP contribution in [0.3, 0.4) is 0 Å². The molecule has 0 aliphatic rings. The van der Waals surface area contributed by atoms with Crippen LogP contribution in [0.4, 0.5) is 4.79 Å². The fourth-order valence-electron chi connectivity index (χ4n) is 4.39. The number of carbonyl (C=O) groups is 4. The van der Waals surface area contributed by atoms with Gasteiger partial charge in [-0.05, 0) is 72.4 Å². The van der Waals surface area contributed by atoms with Crippen molar-refractivity contribution in [2.45, 2.75) is 124 Å². The van der Waals surface area contributed by atoms with Crippen molar-refractivity contribution in [2.24, 2.45) is 5.73 Å². The Labute approximate surface area is 234 Å². The van der Waals surface area contributed by atoms with Crippen LogP contribution in [0.25, 0.3) is 0 Å². The second-order valence-corrected chi connectivity index (χ2v) is 11.6. The first kappa shape index (κ1) is 33.9. The molecule has 0 aliphatic carbocycles. The van der Waals surface area contributed by atoms with Crippen molar-refractivity contribution in [1.29, 1.82) is 0 Å². The quantitative estimate of drug-likeness (QED) is 0.271. The van der Waals surface area contributed by atoms with Gasteiger partial charge in [-0.25, -0.2) is 4.79 Å². The van der Waals surface area contributed by atoms with Crippen LogP contribution in [0.1, 0.15) is 109 Å². The van der Waals surface area contributed by atoms with Gasteiger partial charge in [0.1, 0.15) is 17.7 Å². The number of ether oxygens (including phenoxy) is 1. The molecule has 0 radical (unpaired) electrons. The van der Waals surface area contributed by atoms with Crippen LogP contribution in [0.5, 0.6) is 0 Å². The number of nitrogens with zero attached hydrogens (tertiary/aromatic N) is 1. The van der Waals surface area contributed by atoms with Crippen molar-refractivity contribution < 1.29 is 23.9 Å². The summed E-state index contributed by atoms with van der Waals surface area (Å²) in [5.74, 6) is -1.35. The number of nitrogens with two attached hydrogens (primary N) is 1. The first-order valence-electron chi connectivity index (χ1n) is 14.1. The molecule has 220 valence electrons. The van der Waals surface area contributed by atoms with E-state index in [9.17, 15) is 19.2 Å². The van der Waals surface area contributed by atoms with Crippen LogP contribution in [0, 0.1) is 13.8 Å². The van der Waals surface area contributed by atoms with Gasteiger partial charge >= 0.3 is 6.09 Å². The van der Waals surface area contributed by atoms with E-state index in [-0.39, 0.29) is 24.8 Å². The lowest BCUT2D eigenvalue weighted by Crippen LogP contribution is -2.54. The maximum Gasteiger partial charge on any atom is 0.408 e. The number of hydrogen-bond acceptors (Lipinski definition) is 5. The molecule has 9 nitrogen and oxygen atoms in total. The topological polar surface area (TPSA) is 131 Å². The summed E-state index contributed by atoms with van der Waals surface area (Å²) in [6.45, 7) is 15.3. The van der Waals surface area contributed by atoms with Crippen molar-refractivity contribution in [2.75, 3.05) is 6.54 Å². The van der Waals surface area contributed by atoms with Crippen LogP contribution in [0.15, 0.2) is 18.2 Å². The van der Waals surface area contributed by atoms with Gasteiger partial charge in [-0.3, -0.25) is 14.4 Å². The Morgan fingerprint density at radius 3 is 2.18 bits per heavy atom. The van der Waals surface area contributed by atoms with Crippen LogP contribution in [-0.2, 0) is 19.1 Å². The van der Waals surface area contributed by atoms with E-state index in [4.69, 9.17) is 10.5 Å². The zero-order valence-electron chi connectivity index (χ0n) is 25.2. The Bertz CT molecular complexity index is 971. The van der Waals surface area contributed by atoms with E-state index < -0.39 is 35.6 Å². The molecule has 39 heavy (non-hydrogen) atoms. The van der Waals surface area contributed by atoms with Gasteiger partial charge < -0.3 is 26.0 Å². The predicted molar refractivity (Wildman–Crippen MR) is 154 cm³/mol. The van der Waals surface area contributed by atoms with Crippen LogP contribution >= 0.6 is 0 Å². The highest BCUT2D eigenvalue weighted by molar-refractivity contribution is 5.92. The molecular formula is C30H50N4O5. The van der Waals surface area contributed by atoms with Gasteiger partial charge in [0, 0.05) is 19.0 Å². The van der Waals surface area contributed by atoms with E-state index in [1.165, 1.54) is 0 Å². The predicted octanol–water partition coefficient (Wildman–Crippen LogP) is 4.83. The largest absolute Gasteiger partial charge is 0.444 e. The lowest BCUT2D eigenvalue weighted by atomic mass is 9.95. The van der Waals surface area contributed by atoms with E-state index >= 15 is 0 Å². The molecule has 0 spiro atoms. The smallest absolute Gasteiger partial charge is 0.408 e. The van der Waals surface area contributed by atoms with Gasteiger partial charge in [-0.15, -0.1) is 0 Å².